The number of likely N-dealkylation sites (tertiary alicyclic amines) is 2. The van der Waals surface area contributed by atoms with Crippen LogP contribution in [0.3, 0.4) is 0 Å². The fraction of sp³-hybridized carbons (Fsp3) is 0.487. The van der Waals surface area contributed by atoms with Gasteiger partial charge >= 0.3 is 0 Å². The number of nitrogens with zero attached hydrogens (tertiary/aromatic N) is 2. The molecule has 0 radical (unpaired) electrons. The lowest BCUT2D eigenvalue weighted by atomic mass is 9.74. The molecule has 3 aromatic rings. The summed E-state index contributed by atoms with van der Waals surface area (Å²) >= 11 is 0. The van der Waals surface area contributed by atoms with E-state index in [9.17, 15) is 19.2 Å². The summed E-state index contributed by atoms with van der Waals surface area (Å²) in [4.78, 5) is 58.6. The van der Waals surface area contributed by atoms with Crippen LogP contribution in [-0.2, 0) is 32.0 Å². The van der Waals surface area contributed by atoms with Crippen molar-refractivity contribution in [3.8, 4) is 0 Å². The van der Waals surface area contributed by atoms with E-state index in [-0.39, 0.29) is 42.6 Å². The molecule has 256 valence electrons. The molecule has 0 aromatic heterocycles. The average molecular weight is 654 g/mol. The molecular weight excluding hydrogens is 602 g/mol. The van der Waals surface area contributed by atoms with Gasteiger partial charge in [0.2, 0.25) is 23.6 Å². The molecule has 0 saturated carbocycles. The zero-order valence-electron chi connectivity index (χ0n) is 28.7. The predicted octanol–water partition coefficient (Wildman–Crippen LogP) is 4.22. The van der Waals surface area contributed by atoms with Crippen molar-refractivity contribution >= 4 is 34.4 Å². The molecule has 3 atom stereocenters. The van der Waals surface area contributed by atoms with E-state index in [0.29, 0.717) is 64.7 Å². The summed E-state index contributed by atoms with van der Waals surface area (Å²) in [6.07, 6.45) is 3.51. The number of hydrogen-bond donors (Lipinski definition) is 3. The molecule has 9 nitrogen and oxygen atoms in total. The number of fused-ring (bicyclic) bond motifs is 1. The van der Waals surface area contributed by atoms with Crippen LogP contribution in [0.25, 0.3) is 10.8 Å². The van der Waals surface area contributed by atoms with Crippen LogP contribution in [0.1, 0.15) is 64.0 Å². The highest BCUT2D eigenvalue weighted by Crippen LogP contribution is 2.36. The third-order valence-corrected chi connectivity index (χ3v) is 10.2. The molecule has 9 heteroatoms. The first-order chi connectivity index (χ1) is 23.0. The van der Waals surface area contributed by atoms with Crippen LogP contribution in [-0.4, -0.2) is 78.2 Å². The largest absolute Gasteiger partial charge is 0.356 e. The van der Waals surface area contributed by atoms with E-state index < -0.39 is 16.9 Å². The maximum absolute atomic E-state index is 14.6. The van der Waals surface area contributed by atoms with E-state index in [1.54, 1.807) is 9.80 Å². The zero-order valence-corrected chi connectivity index (χ0v) is 28.7. The first-order valence-corrected chi connectivity index (χ1v) is 17.4. The van der Waals surface area contributed by atoms with E-state index >= 15 is 0 Å². The van der Waals surface area contributed by atoms with Crippen molar-refractivity contribution in [1.29, 1.82) is 0 Å². The Bertz CT molecular complexity index is 1600. The molecule has 2 aliphatic heterocycles. The Labute approximate surface area is 284 Å². The molecule has 2 aliphatic rings. The normalized spacial score (nSPS) is 20.5. The summed E-state index contributed by atoms with van der Waals surface area (Å²) in [5.74, 6) is -0.393. The summed E-state index contributed by atoms with van der Waals surface area (Å²) in [5, 5.41) is 8.39. The fourth-order valence-electron chi connectivity index (χ4n) is 7.30. The summed E-state index contributed by atoms with van der Waals surface area (Å²) in [6.45, 7) is 7.91. The van der Waals surface area contributed by atoms with Crippen molar-refractivity contribution in [3.63, 3.8) is 0 Å². The second-order valence-corrected chi connectivity index (χ2v) is 14.2. The van der Waals surface area contributed by atoms with Gasteiger partial charge in [0.1, 0.15) is 6.04 Å². The Kier molecular flexibility index (Phi) is 11.2. The SMILES string of the molecule is CCNC(=O)[C@]1(Cc2ccccc2)CCCN(C(=O)[C@@H](Cc2ccc3ccccc3c2)NC(=O)C2(C)CCN(C(=O)CC(C)N)CC2)C1. The third kappa shape index (κ3) is 8.24. The maximum atomic E-state index is 14.6. The Morgan fingerprint density at radius 2 is 1.52 bits per heavy atom. The molecule has 5 rings (SSSR count). The lowest BCUT2D eigenvalue weighted by molar-refractivity contribution is -0.146. The maximum Gasteiger partial charge on any atom is 0.245 e. The lowest BCUT2D eigenvalue weighted by Gasteiger charge is -2.43. The standard InChI is InChI=1S/C39H51N5O4/c1-4-41-37(48)39(26-29-11-6-5-7-12-29)17-10-20-44(27-39)35(46)33(25-30-15-16-31-13-8-9-14-32(31)24-30)42-36(47)38(3)18-21-43(22-19-38)34(45)23-28(2)40/h5-9,11-16,24,28,33H,4,10,17-23,25-27,40H2,1-3H3,(H,41,48)(H,42,47)/t28?,33-,39+/m1/s1. The van der Waals surface area contributed by atoms with E-state index in [4.69, 9.17) is 5.73 Å². The Hall–Kier alpha value is -4.24. The molecule has 1 unspecified atom stereocenters. The van der Waals surface area contributed by atoms with Gasteiger partial charge in [-0.15, -0.1) is 0 Å². The van der Waals surface area contributed by atoms with Gasteiger partial charge in [0.05, 0.1) is 5.41 Å². The number of nitrogens with one attached hydrogen (secondary N) is 2. The highest BCUT2D eigenvalue weighted by atomic mass is 16.2. The van der Waals surface area contributed by atoms with Gasteiger partial charge in [-0.3, -0.25) is 19.2 Å². The molecular formula is C39H51N5O4. The van der Waals surface area contributed by atoms with Gasteiger partial charge in [-0.05, 0) is 67.9 Å². The topological polar surface area (TPSA) is 125 Å². The molecule has 2 fully saturated rings. The van der Waals surface area contributed by atoms with Crippen LogP contribution in [0, 0.1) is 10.8 Å². The zero-order chi connectivity index (χ0) is 34.3. The predicted molar refractivity (Wildman–Crippen MR) is 189 cm³/mol. The van der Waals surface area contributed by atoms with Gasteiger partial charge in [-0.2, -0.15) is 0 Å². The highest BCUT2D eigenvalue weighted by molar-refractivity contribution is 5.92. The number of rotatable bonds is 11. The fourth-order valence-corrected chi connectivity index (χ4v) is 7.30. The van der Waals surface area contributed by atoms with Crippen LogP contribution < -0.4 is 16.4 Å². The van der Waals surface area contributed by atoms with Crippen molar-refractivity contribution < 1.29 is 19.2 Å². The minimum atomic E-state index is -0.810. The lowest BCUT2D eigenvalue weighted by Crippen LogP contribution is -2.59. The minimum absolute atomic E-state index is 0.00742. The van der Waals surface area contributed by atoms with Gasteiger partial charge in [0.15, 0.2) is 0 Å². The van der Waals surface area contributed by atoms with E-state index in [1.807, 2.05) is 81.4 Å². The van der Waals surface area contributed by atoms with Gasteiger partial charge in [-0.25, -0.2) is 0 Å². The number of benzene rings is 3. The van der Waals surface area contributed by atoms with E-state index in [2.05, 4.69) is 22.8 Å². The molecule has 48 heavy (non-hydrogen) atoms. The molecule has 0 aliphatic carbocycles. The quantitative estimate of drug-likeness (QED) is 0.286. The highest BCUT2D eigenvalue weighted by Gasteiger charge is 2.45. The molecule has 0 bridgehead atoms. The number of nitrogens with two attached hydrogens (primary N) is 1. The van der Waals surface area contributed by atoms with E-state index in [1.165, 1.54) is 0 Å². The van der Waals surface area contributed by atoms with Gasteiger partial charge < -0.3 is 26.2 Å². The summed E-state index contributed by atoms with van der Waals surface area (Å²) < 4.78 is 0. The van der Waals surface area contributed by atoms with Crippen molar-refractivity contribution in [2.45, 2.75) is 77.8 Å². The van der Waals surface area contributed by atoms with Gasteiger partial charge in [0.25, 0.3) is 0 Å². The Morgan fingerprint density at radius 3 is 2.21 bits per heavy atom. The van der Waals surface area contributed by atoms with Crippen molar-refractivity contribution in [2.75, 3.05) is 32.7 Å². The first-order valence-electron chi connectivity index (χ1n) is 17.4. The molecule has 3 aromatic carbocycles. The van der Waals surface area contributed by atoms with Gasteiger partial charge in [0, 0.05) is 57.0 Å². The first kappa shape index (κ1) is 35.1. The van der Waals surface area contributed by atoms with Crippen molar-refractivity contribution in [2.24, 2.45) is 16.6 Å². The number of amides is 4. The third-order valence-electron chi connectivity index (χ3n) is 10.2. The van der Waals surface area contributed by atoms with Crippen LogP contribution in [0.15, 0.2) is 72.8 Å². The summed E-state index contributed by atoms with van der Waals surface area (Å²) in [5.41, 5.74) is 6.36. The molecule has 0 spiro atoms. The second-order valence-electron chi connectivity index (χ2n) is 14.2. The molecule has 2 heterocycles. The van der Waals surface area contributed by atoms with Gasteiger partial charge in [-0.1, -0.05) is 79.7 Å². The number of carbonyl (C=O) groups excluding carboxylic acids is 4. The Morgan fingerprint density at radius 1 is 0.833 bits per heavy atom. The summed E-state index contributed by atoms with van der Waals surface area (Å²) in [7, 11) is 0. The molecule has 2 saturated heterocycles. The summed E-state index contributed by atoms with van der Waals surface area (Å²) in [6, 6.07) is 23.2. The van der Waals surface area contributed by atoms with Crippen molar-refractivity contribution in [3.05, 3.63) is 83.9 Å². The number of hydrogen-bond acceptors (Lipinski definition) is 5. The van der Waals surface area contributed by atoms with Crippen LogP contribution in [0.4, 0.5) is 0 Å². The van der Waals surface area contributed by atoms with E-state index in [0.717, 1.165) is 21.9 Å². The van der Waals surface area contributed by atoms with Crippen molar-refractivity contribution in [1.82, 2.24) is 20.4 Å². The smallest absolute Gasteiger partial charge is 0.245 e. The molecule has 4 amide bonds. The minimum Gasteiger partial charge on any atom is -0.356 e. The monoisotopic (exact) mass is 653 g/mol. The van der Waals surface area contributed by atoms with Crippen LogP contribution in [0.5, 0.6) is 0 Å². The second kappa shape index (κ2) is 15.3. The molecule has 4 N–H and O–H groups in total. The Balaban J connectivity index is 1.39. The van der Waals surface area contributed by atoms with Crippen LogP contribution in [0.2, 0.25) is 0 Å². The average Bonchev–Trinajstić information content (AvgIpc) is 3.08. The number of carbonyl (C=O) groups is 4. The van der Waals surface area contributed by atoms with Crippen LogP contribution >= 0.6 is 0 Å². The number of piperidine rings is 2.